The first-order valence-electron chi connectivity index (χ1n) is 44.5. The molecule has 672 valence electrons. The Morgan fingerprint density at radius 1 is 0.288 bits per heavy atom. The Bertz CT molecular complexity index is 6690. The van der Waals surface area contributed by atoms with Crippen molar-refractivity contribution in [2.24, 2.45) is 0 Å². The van der Waals surface area contributed by atoms with E-state index in [4.69, 9.17) is 85.3 Å². The molecule has 8 aromatic heterocycles. The van der Waals surface area contributed by atoms with E-state index in [0.29, 0.717) is 70.1 Å². The van der Waals surface area contributed by atoms with E-state index in [1.807, 2.05) is 147 Å². The Morgan fingerprint density at radius 3 is 0.955 bits per heavy atom. The van der Waals surface area contributed by atoms with E-state index in [-0.39, 0.29) is 11.6 Å². The van der Waals surface area contributed by atoms with Gasteiger partial charge in [-0.2, -0.15) is 0 Å². The lowest BCUT2D eigenvalue weighted by molar-refractivity contribution is 0.122. The molecule has 0 unspecified atom stereocenters. The molecular formula is C104H100Cl4F2N18O4. The maximum absolute atomic E-state index is 14.7. The summed E-state index contributed by atoms with van der Waals surface area (Å²) in [5.74, 6) is 3.10. The second-order valence-electron chi connectivity index (χ2n) is 32.6. The van der Waals surface area contributed by atoms with Crippen LogP contribution in [0.1, 0.15) is 56.4 Å². The number of fused-ring (bicyclic) bond motifs is 4. The van der Waals surface area contributed by atoms with Gasteiger partial charge in [0.05, 0.1) is 74.9 Å². The first-order valence-corrected chi connectivity index (χ1v) is 46.0. The van der Waals surface area contributed by atoms with Crippen molar-refractivity contribution in [2.45, 2.75) is 65.2 Å². The molecule has 0 atom stereocenters. The van der Waals surface area contributed by atoms with Crippen molar-refractivity contribution in [3.05, 3.63) is 343 Å². The number of hydrogen-bond acceptors (Lipinski definition) is 22. The maximum Gasteiger partial charge on any atom is 0.225 e. The minimum atomic E-state index is -0.226. The van der Waals surface area contributed by atoms with Gasteiger partial charge in [0, 0.05) is 198 Å². The summed E-state index contributed by atoms with van der Waals surface area (Å²) in [6.45, 7) is 16.5. The van der Waals surface area contributed by atoms with E-state index in [1.54, 1.807) is 36.9 Å². The summed E-state index contributed by atoms with van der Waals surface area (Å²) in [5, 5.41) is 20.5. The van der Waals surface area contributed by atoms with E-state index in [1.165, 1.54) is 23.3 Å². The molecular weight excluding hydrogens is 1750 g/mol. The Hall–Kier alpha value is -12.9. The highest BCUT2D eigenvalue weighted by molar-refractivity contribution is 6.32. The van der Waals surface area contributed by atoms with Crippen LogP contribution < -0.4 is 40.9 Å². The lowest BCUT2D eigenvalue weighted by Crippen LogP contribution is -2.37. The highest BCUT2D eigenvalue weighted by atomic mass is 35.5. The number of aryl methyl sites for hydroxylation is 10. The number of benzene rings is 8. The second kappa shape index (κ2) is 44.4. The SMILES string of the molecule is Cc1cc(CCc2cc(Nc3ccnc4cc(Cl)ccc34)ccc2F)nc(N2CCOCC2)n1.Cc1cc(CCc2cccc(Nc3ccnc4cc(Cl)ccc34)c2)nc(N2CCOCC2)n1.Clc1ccc2c(Nc3cccc(CCc4cccc(N5CCOCC5)n4)c3)ccnc2c1.Fc1ccc(Nc2ccnc3cc(Cl)ccc23)cc1CCc1cccc(N2CCOCC2)n1. The fourth-order valence-electron chi connectivity index (χ4n) is 16.4. The summed E-state index contributed by atoms with van der Waals surface area (Å²) in [6.07, 6.45) is 13.1. The van der Waals surface area contributed by atoms with Gasteiger partial charge < -0.3 is 59.8 Å². The van der Waals surface area contributed by atoms with Gasteiger partial charge in [-0.15, -0.1) is 0 Å². The second-order valence-corrected chi connectivity index (χ2v) is 34.3. The third-order valence-corrected chi connectivity index (χ3v) is 24.1. The van der Waals surface area contributed by atoms with Crippen LogP contribution in [-0.4, -0.2) is 155 Å². The average Bonchev–Trinajstić information content (AvgIpc) is 0.861. The zero-order valence-electron chi connectivity index (χ0n) is 73.4. The Kier molecular flexibility index (Phi) is 30.6. The standard InChI is InChI=1S/C26H25ClFN5O.C26H24ClFN4O.C26H26ClN5O.C26H25ClN4O/c1-17-14-20(32-26(30-17)33-10-12-34-13-11-33)4-2-18-15-21(5-7-23(18)28)31-24-8-9-29-25-16-19(27)3-6-22(24)25;27-19-5-8-22-24(10-11-29-25(22)17-19)30-21-7-9-23(28)18(16-21)4-6-20-2-1-3-26(31-20)32-12-14-33-15-13-32;1-18-15-22(31-26(29-18)32-11-13-33-14-12-32)7-5-19-3-2-4-21(16-19)30-24-9-10-28-25-17-20(27)6-8-23(24)25;27-20-8-10-23-24(11-12-28-25(23)18-20)29-22-5-1-3-19(17-22)7-9-21-4-2-6-26(30-21)31-13-15-32-16-14-31/h3,5-9,14-16H,2,4,10-13H2,1H3,(H,29,31);1-3,5,7-11,16-17H,4,6,12-15H2,(H,29,30);2-4,6,8-10,15-17H,5,7,11-14H2,1H3,(H,28,30);1-6,8,10-12,17-18H,7,9,13-16H2,(H,28,29). The molecule has 0 spiro atoms. The first kappa shape index (κ1) is 91.0. The predicted octanol–water partition coefficient (Wildman–Crippen LogP) is 22.3. The molecule has 4 aliphatic rings. The molecule has 0 aliphatic carbocycles. The van der Waals surface area contributed by atoms with Crippen LogP contribution in [0, 0.1) is 25.5 Å². The van der Waals surface area contributed by atoms with Gasteiger partial charge in [0.2, 0.25) is 11.9 Å². The number of pyridine rings is 6. The maximum atomic E-state index is 14.7. The molecule has 4 aliphatic heterocycles. The first-order chi connectivity index (χ1) is 64.6. The monoisotopic (exact) mass is 1840 g/mol. The van der Waals surface area contributed by atoms with Crippen molar-refractivity contribution >= 4 is 159 Å². The van der Waals surface area contributed by atoms with Gasteiger partial charge in [0.15, 0.2) is 0 Å². The molecule has 4 N–H and O–H groups in total. The molecule has 0 radical (unpaired) electrons. The Labute approximate surface area is 786 Å². The van der Waals surface area contributed by atoms with Crippen molar-refractivity contribution in [1.29, 1.82) is 0 Å². The number of nitrogens with zero attached hydrogens (tertiary/aromatic N) is 14. The zero-order valence-corrected chi connectivity index (χ0v) is 76.4. The summed E-state index contributed by atoms with van der Waals surface area (Å²) < 4.78 is 51.0. The van der Waals surface area contributed by atoms with Gasteiger partial charge in [-0.05, 0) is 282 Å². The minimum absolute atomic E-state index is 0.212. The number of morpholine rings is 4. The fraction of sp³-hybridized carbons (Fsp3) is 0.250. The number of rotatable bonds is 24. The van der Waals surface area contributed by atoms with Crippen LogP contribution in [-0.2, 0) is 70.3 Å². The molecule has 12 heterocycles. The van der Waals surface area contributed by atoms with E-state index in [9.17, 15) is 8.78 Å². The molecule has 0 amide bonds. The minimum Gasteiger partial charge on any atom is -0.378 e. The van der Waals surface area contributed by atoms with Crippen molar-refractivity contribution in [1.82, 2.24) is 49.8 Å². The van der Waals surface area contributed by atoms with Crippen LogP contribution >= 0.6 is 46.4 Å². The van der Waals surface area contributed by atoms with Crippen LogP contribution in [0.3, 0.4) is 0 Å². The van der Waals surface area contributed by atoms with E-state index in [0.717, 1.165) is 264 Å². The van der Waals surface area contributed by atoms with Crippen LogP contribution in [0.2, 0.25) is 20.1 Å². The highest BCUT2D eigenvalue weighted by Gasteiger charge is 2.21. The van der Waals surface area contributed by atoms with Crippen LogP contribution in [0.25, 0.3) is 43.6 Å². The van der Waals surface area contributed by atoms with Crippen molar-refractivity contribution < 1.29 is 27.7 Å². The number of nitrogens with one attached hydrogen (secondary N) is 4. The quantitative estimate of drug-likeness (QED) is 0.0441. The lowest BCUT2D eigenvalue weighted by Gasteiger charge is -2.28. The molecule has 0 saturated carbocycles. The van der Waals surface area contributed by atoms with E-state index < -0.39 is 0 Å². The summed E-state index contributed by atoms with van der Waals surface area (Å²) in [7, 11) is 0. The van der Waals surface area contributed by atoms with Gasteiger partial charge in [-0.25, -0.2) is 38.7 Å². The molecule has 4 saturated heterocycles. The molecule has 16 aromatic rings. The van der Waals surface area contributed by atoms with Gasteiger partial charge in [0.25, 0.3) is 0 Å². The van der Waals surface area contributed by atoms with Gasteiger partial charge in [-0.3, -0.25) is 19.9 Å². The summed E-state index contributed by atoms with van der Waals surface area (Å²) >= 11 is 24.4. The van der Waals surface area contributed by atoms with Gasteiger partial charge in [-0.1, -0.05) is 82.8 Å². The van der Waals surface area contributed by atoms with Crippen molar-refractivity contribution in [3.8, 4) is 0 Å². The summed E-state index contributed by atoms with van der Waals surface area (Å²) in [6, 6.07) is 74.2. The van der Waals surface area contributed by atoms with Crippen LogP contribution in [0.15, 0.2) is 255 Å². The number of anilines is 12. The molecule has 28 heteroatoms. The number of halogens is 6. The molecule has 22 nitrogen and oxygen atoms in total. The van der Waals surface area contributed by atoms with Gasteiger partial charge >= 0.3 is 0 Å². The topological polar surface area (TPSA) is 227 Å². The van der Waals surface area contributed by atoms with E-state index >= 15 is 0 Å². The Morgan fingerprint density at radius 2 is 0.598 bits per heavy atom. The average molecular weight is 1850 g/mol. The molecule has 20 rings (SSSR count). The summed E-state index contributed by atoms with van der Waals surface area (Å²) in [5.41, 5.74) is 20.7. The number of hydrogen-bond donors (Lipinski definition) is 4. The molecule has 0 bridgehead atoms. The summed E-state index contributed by atoms with van der Waals surface area (Å²) in [4.78, 5) is 54.9. The normalized spacial score (nSPS) is 13.9. The largest absolute Gasteiger partial charge is 0.378 e. The number of aromatic nitrogens is 10. The third-order valence-electron chi connectivity index (χ3n) is 23.2. The Balaban J connectivity index is 0.000000123. The zero-order chi connectivity index (χ0) is 90.5. The van der Waals surface area contributed by atoms with Crippen LogP contribution in [0.5, 0.6) is 0 Å². The highest BCUT2D eigenvalue weighted by Crippen LogP contribution is 2.35. The van der Waals surface area contributed by atoms with Crippen molar-refractivity contribution in [2.75, 3.05) is 146 Å². The molecule has 8 aromatic carbocycles. The van der Waals surface area contributed by atoms with Gasteiger partial charge in [0.1, 0.15) is 23.3 Å². The third kappa shape index (κ3) is 24.6. The molecule has 132 heavy (non-hydrogen) atoms. The predicted molar refractivity (Wildman–Crippen MR) is 530 cm³/mol. The lowest BCUT2D eigenvalue weighted by atomic mass is 10.1. The molecule has 4 fully saturated rings. The van der Waals surface area contributed by atoms with E-state index in [2.05, 4.69) is 144 Å². The fourth-order valence-corrected chi connectivity index (χ4v) is 17.0. The smallest absolute Gasteiger partial charge is 0.225 e. The van der Waals surface area contributed by atoms with Crippen LogP contribution in [0.4, 0.5) is 77.8 Å². The van der Waals surface area contributed by atoms with Crippen molar-refractivity contribution in [3.63, 3.8) is 0 Å². The number of ether oxygens (including phenoxy) is 4.